The van der Waals surface area contributed by atoms with Gasteiger partial charge in [0.1, 0.15) is 5.75 Å². The first kappa shape index (κ1) is 17.0. The molecule has 2 aromatic rings. The van der Waals surface area contributed by atoms with Gasteiger partial charge in [-0.15, -0.1) is 0 Å². The molecule has 0 unspecified atom stereocenters. The fourth-order valence-corrected chi connectivity index (χ4v) is 2.01. The lowest BCUT2D eigenvalue weighted by Crippen LogP contribution is -2.34. The molecule has 1 aromatic heterocycles. The maximum absolute atomic E-state index is 12.0. The average molecular weight is 336 g/mol. The summed E-state index contributed by atoms with van der Waals surface area (Å²) < 4.78 is 6.81. The Morgan fingerprint density at radius 3 is 2.70 bits per heavy atom. The molecule has 6 nitrogen and oxygen atoms in total. The minimum atomic E-state index is -0.259. The average Bonchev–Trinajstić information content (AvgIpc) is 2.54. The number of benzene rings is 1. The summed E-state index contributed by atoms with van der Waals surface area (Å²) >= 11 is 5.77. The number of rotatable bonds is 6. The molecule has 0 saturated heterocycles. The Morgan fingerprint density at radius 2 is 2.00 bits per heavy atom. The number of hydrogen-bond acceptors (Lipinski definition) is 4. The Labute approximate surface area is 139 Å². The van der Waals surface area contributed by atoms with Gasteiger partial charge < -0.3 is 10.1 Å². The van der Waals surface area contributed by atoms with Crippen LogP contribution in [0.25, 0.3) is 0 Å². The van der Waals surface area contributed by atoms with Gasteiger partial charge in [0, 0.05) is 29.4 Å². The summed E-state index contributed by atoms with van der Waals surface area (Å²) in [7, 11) is 0. The second-order valence-corrected chi connectivity index (χ2v) is 5.48. The number of nitrogens with zero attached hydrogens (tertiary/aromatic N) is 2. The van der Waals surface area contributed by atoms with E-state index in [0.29, 0.717) is 35.1 Å². The number of aryl methyl sites for hydroxylation is 1. The Kier molecular flexibility index (Phi) is 5.76. The summed E-state index contributed by atoms with van der Waals surface area (Å²) in [6, 6.07) is 6.76. The van der Waals surface area contributed by atoms with E-state index in [0.717, 1.165) is 0 Å². The highest BCUT2D eigenvalue weighted by Crippen LogP contribution is 2.15. The third-order valence-corrected chi connectivity index (χ3v) is 3.63. The lowest BCUT2D eigenvalue weighted by Gasteiger charge is -2.09. The quantitative estimate of drug-likeness (QED) is 0.872. The molecule has 1 N–H and O–H groups in total. The van der Waals surface area contributed by atoms with Crippen molar-refractivity contribution in [3.8, 4) is 5.75 Å². The summed E-state index contributed by atoms with van der Waals surface area (Å²) in [6.45, 7) is 4.12. The summed E-state index contributed by atoms with van der Waals surface area (Å²) in [6.07, 6.45) is 1.49. The molecule has 0 aliphatic heterocycles. The van der Waals surface area contributed by atoms with Crippen LogP contribution in [0.1, 0.15) is 11.3 Å². The topological polar surface area (TPSA) is 73.2 Å². The van der Waals surface area contributed by atoms with Crippen LogP contribution in [-0.2, 0) is 11.3 Å². The number of ether oxygens (including phenoxy) is 1. The summed E-state index contributed by atoms with van der Waals surface area (Å²) in [4.78, 5) is 27.8. The van der Waals surface area contributed by atoms with E-state index in [4.69, 9.17) is 16.3 Å². The van der Waals surface area contributed by atoms with E-state index < -0.39 is 0 Å². The molecule has 2 rings (SSSR count). The molecular formula is C16H18ClN3O3. The first-order chi connectivity index (χ1) is 11.0. The molecule has 0 fully saturated rings. The van der Waals surface area contributed by atoms with E-state index in [9.17, 15) is 9.59 Å². The molecule has 0 aliphatic carbocycles. The number of aromatic nitrogens is 2. The van der Waals surface area contributed by atoms with Crippen LogP contribution in [0.5, 0.6) is 5.75 Å². The van der Waals surface area contributed by atoms with E-state index in [1.807, 2.05) is 0 Å². The molecule has 1 heterocycles. The largest absolute Gasteiger partial charge is 0.484 e. The fourth-order valence-electron chi connectivity index (χ4n) is 1.88. The first-order valence-corrected chi connectivity index (χ1v) is 7.53. The van der Waals surface area contributed by atoms with Crippen LogP contribution in [0, 0.1) is 13.8 Å². The highest BCUT2D eigenvalue weighted by atomic mass is 35.5. The van der Waals surface area contributed by atoms with Crippen LogP contribution in [0.3, 0.4) is 0 Å². The Morgan fingerprint density at radius 1 is 1.30 bits per heavy atom. The van der Waals surface area contributed by atoms with E-state index in [1.54, 1.807) is 38.1 Å². The molecule has 0 spiro atoms. The summed E-state index contributed by atoms with van der Waals surface area (Å²) in [5.41, 5.74) is 1.24. The second kappa shape index (κ2) is 7.78. The van der Waals surface area contributed by atoms with Crippen LogP contribution in [-0.4, -0.2) is 28.6 Å². The van der Waals surface area contributed by atoms with Crippen molar-refractivity contribution in [1.82, 2.24) is 14.9 Å². The van der Waals surface area contributed by atoms with Gasteiger partial charge in [0.15, 0.2) is 6.61 Å². The molecule has 0 radical (unpaired) electrons. The van der Waals surface area contributed by atoms with Crippen molar-refractivity contribution < 1.29 is 9.53 Å². The maximum Gasteiger partial charge on any atom is 0.258 e. The molecule has 122 valence electrons. The highest BCUT2D eigenvalue weighted by Gasteiger charge is 2.05. The van der Waals surface area contributed by atoms with Gasteiger partial charge in [-0.3, -0.25) is 14.2 Å². The zero-order valence-corrected chi connectivity index (χ0v) is 13.8. The van der Waals surface area contributed by atoms with Crippen LogP contribution >= 0.6 is 11.6 Å². The molecule has 0 atom stereocenters. The molecular weight excluding hydrogens is 318 g/mol. The number of halogens is 1. The highest BCUT2D eigenvalue weighted by molar-refractivity contribution is 6.30. The van der Waals surface area contributed by atoms with Crippen molar-refractivity contribution >= 4 is 17.5 Å². The van der Waals surface area contributed by atoms with Crippen molar-refractivity contribution in [2.75, 3.05) is 13.2 Å². The number of amides is 1. The molecule has 0 saturated carbocycles. The van der Waals surface area contributed by atoms with E-state index in [2.05, 4.69) is 10.3 Å². The van der Waals surface area contributed by atoms with Gasteiger partial charge in [0.2, 0.25) is 0 Å². The molecule has 1 amide bonds. The van der Waals surface area contributed by atoms with Gasteiger partial charge in [-0.2, -0.15) is 0 Å². The predicted molar refractivity (Wildman–Crippen MR) is 87.9 cm³/mol. The third kappa shape index (κ3) is 4.82. The van der Waals surface area contributed by atoms with Crippen LogP contribution in [0.15, 0.2) is 35.4 Å². The van der Waals surface area contributed by atoms with Crippen LogP contribution in [0.4, 0.5) is 0 Å². The van der Waals surface area contributed by atoms with Crippen LogP contribution < -0.4 is 15.6 Å². The molecule has 0 aliphatic rings. The SMILES string of the molecule is Cc1ncn(CCNC(=O)COc2ccc(Cl)cc2)c(=O)c1C. The Bertz CT molecular complexity index is 741. The Balaban J connectivity index is 1.78. The summed E-state index contributed by atoms with van der Waals surface area (Å²) in [5.74, 6) is 0.309. The normalized spacial score (nSPS) is 10.4. The molecule has 1 aromatic carbocycles. The minimum Gasteiger partial charge on any atom is -0.484 e. The lowest BCUT2D eigenvalue weighted by molar-refractivity contribution is -0.123. The van der Waals surface area contributed by atoms with E-state index in [-0.39, 0.29) is 18.1 Å². The van der Waals surface area contributed by atoms with Crippen molar-refractivity contribution in [3.63, 3.8) is 0 Å². The molecule has 0 bridgehead atoms. The first-order valence-electron chi connectivity index (χ1n) is 7.15. The van der Waals surface area contributed by atoms with Gasteiger partial charge >= 0.3 is 0 Å². The number of carbonyl (C=O) groups excluding carboxylic acids is 1. The van der Waals surface area contributed by atoms with Gasteiger partial charge in [-0.1, -0.05) is 11.6 Å². The standard InChI is InChI=1S/C16H18ClN3O3/c1-11-12(2)19-10-20(16(11)22)8-7-18-15(21)9-23-14-5-3-13(17)4-6-14/h3-6,10H,7-9H2,1-2H3,(H,18,21). The van der Waals surface area contributed by atoms with Crippen molar-refractivity contribution in [3.05, 3.63) is 57.2 Å². The van der Waals surface area contributed by atoms with E-state index in [1.165, 1.54) is 10.9 Å². The number of nitrogens with one attached hydrogen (secondary N) is 1. The zero-order valence-electron chi connectivity index (χ0n) is 13.0. The van der Waals surface area contributed by atoms with Gasteiger partial charge in [0.25, 0.3) is 11.5 Å². The second-order valence-electron chi connectivity index (χ2n) is 5.05. The smallest absolute Gasteiger partial charge is 0.258 e. The molecule has 7 heteroatoms. The predicted octanol–water partition coefficient (Wildman–Crippen LogP) is 1.71. The van der Waals surface area contributed by atoms with Crippen molar-refractivity contribution in [2.24, 2.45) is 0 Å². The fraction of sp³-hybridized carbons (Fsp3) is 0.312. The van der Waals surface area contributed by atoms with E-state index >= 15 is 0 Å². The van der Waals surface area contributed by atoms with Gasteiger partial charge in [0.05, 0.1) is 6.33 Å². The van der Waals surface area contributed by atoms with Crippen LogP contribution in [0.2, 0.25) is 5.02 Å². The van der Waals surface area contributed by atoms with Crippen molar-refractivity contribution in [2.45, 2.75) is 20.4 Å². The molecule has 23 heavy (non-hydrogen) atoms. The van der Waals surface area contributed by atoms with Gasteiger partial charge in [-0.05, 0) is 38.1 Å². The minimum absolute atomic E-state index is 0.0934. The number of carbonyl (C=O) groups is 1. The third-order valence-electron chi connectivity index (χ3n) is 3.37. The monoisotopic (exact) mass is 335 g/mol. The zero-order chi connectivity index (χ0) is 16.8. The Hall–Kier alpha value is -2.34. The lowest BCUT2D eigenvalue weighted by atomic mass is 10.3. The maximum atomic E-state index is 12.0. The number of hydrogen-bond donors (Lipinski definition) is 1. The summed E-state index contributed by atoms with van der Waals surface area (Å²) in [5, 5.41) is 3.30. The van der Waals surface area contributed by atoms with Gasteiger partial charge in [-0.25, -0.2) is 4.98 Å². The van der Waals surface area contributed by atoms with Crippen molar-refractivity contribution in [1.29, 1.82) is 0 Å².